The smallest absolute Gasteiger partial charge is 0.469 e. The van der Waals surface area contributed by atoms with Crippen LogP contribution < -0.4 is 13.6 Å². The predicted octanol–water partition coefficient (Wildman–Crippen LogP) is 3.99. The fraction of sp³-hybridized carbons (Fsp3) is 0.222. The molecule has 0 aliphatic heterocycles. The highest BCUT2D eigenvalue weighted by Gasteiger charge is 2.20. The molecular weight excluding hydrogens is 499 g/mol. The summed E-state index contributed by atoms with van der Waals surface area (Å²) in [4.78, 5) is 34.5. The molecule has 0 aliphatic carbocycles. The Morgan fingerprint density at radius 2 is 0.919 bits per heavy atom. The van der Waals surface area contributed by atoms with Crippen LogP contribution in [0, 0.1) is 0 Å². The van der Waals surface area contributed by atoms with Crippen molar-refractivity contribution in [3.63, 3.8) is 0 Å². The average Bonchev–Trinajstić information content (AvgIpc) is 2.91. The molecule has 0 saturated heterocycles. The summed E-state index contributed by atoms with van der Waals surface area (Å²) < 4.78 is 27.3. The fourth-order valence-corrected chi connectivity index (χ4v) is 4.07. The number of ketones is 1. The number of aliphatic hydroxyl groups is 1. The van der Waals surface area contributed by atoms with Gasteiger partial charge < -0.3 is 28.2 Å². The van der Waals surface area contributed by atoms with E-state index in [-0.39, 0.29) is 37.0 Å². The van der Waals surface area contributed by atoms with Crippen molar-refractivity contribution in [1.82, 2.24) is 0 Å². The first kappa shape index (κ1) is 27.6. The molecule has 0 saturated carbocycles. The van der Waals surface area contributed by atoms with Gasteiger partial charge in [0.1, 0.15) is 23.9 Å². The predicted molar refractivity (Wildman–Crippen MR) is 135 cm³/mol. The molecule has 0 aromatic heterocycles. The number of carbonyl (C=O) groups excluding carboxylic acids is 3. The van der Waals surface area contributed by atoms with E-state index in [4.69, 9.17) is 18.7 Å². The summed E-state index contributed by atoms with van der Waals surface area (Å²) in [6.45, 7) is -0.512. The second-order valence-corrected chi connectivity index (χ2v) is 8.80. The highest BCUT2D eigenvalue weighted by Crippen LogP contribution is 2.42. The van der Waals surface area contributed by atoms with E-state index in [1.54, 1.807) is 72.8 Å². The molecule has 0 radical (unpaired) electrons. The molecule has 0 spiro atoms. The number of rotatable bonds is 13. The first-order valence-corrected chi connectivity index (χ1v) is 12.3. The normalized spacial score (nSPS) is 10.5. The molecule has 0 bridgehead atoms. The van der Waals surface area contributed by atoms with Gasteiger partial charge in [-0.05, 0) is 53.1 Å². The van der Waals surface area contributed by atoms with Crippen LogP contribution in [0.2, 0.25) is 0 Å². The summed E-state index contributed by atoms with van der Waals surface area (Å²) in [5.41, 5.74) is 2.26. The number of benzene rings is 3. The molecule has 0 atom stereocenters. The molecule has 0 fully saturated rings. The molecule has 0 amide bonds. The fourth-order valence-electron chi connectivity index (χ4n) is 3.08. The Kier molecular flexibility index (Phi) is 10.4. The number of esters is 2. The van der Waals surface area contributed by atoms with Gasteiger partial charge in [0.2, 0.25) is 0 Å². The third kappa shape index (κ3) is 9.22. The maximum absolute atomic E-state index is 11.5. The minimum absolute atomic E-state index is 0.119. The maximum Gasteiger partial charge on any atom is 0.530 e. The molecule has 10 heteroatoms. The van der Waals surface area contributed by atoms with E-state index < -0.39 is 15.2 Å². The van der Waals surface area contributed by atoms with Crippen molar-refractivity contribution >= 4 is 26.3 Å². The summed E-state index contributed by atoms with van der Waals surface area (Å²) in [6, 6.07) is 20.6. The highest BCUT2D eigenvalue weighted by atomic mass is 31.2. The van der Waals surface area contributed by atoms with Gasteiger partial charge in [-0.25, -0.2) is 0 Å². The van der Waals surface area contributed by atoms with E-state index in [9.17, 15) is 14.4 Å². The Morgan fingerprint density at radius 3 is 1.22 bits per heavy atom. The Balaban J connectivity index is 1.74. The van der Waals surface area contributed by atoms with Crippen LogP contribution in [0.15, 0.2) is 72.8 Å². The van der Waals surface area contributed by atoms with Crippen molar-refractivity contribution in [2.75, 3.05) is 20.8 Å². The quantitative estimate of drug-likeness (QED) is 0.261. The van der Waals surface area contributed by atoms with E-state index in [0.29, 0.717) is 17.2 Å². The largest absolute Gasteiger partial charge is 0.530 e. The van der Waals surface area contributed by atoms with Gasteiger partial charge >= 0.3 is 20.5 Å². The van der Waals surface area contributed by atoms with Crippen LogP contribution in [-0.2, 0) is 43.1 Å². The van der Waals surface area contributed by atoms with Crippen molar-refractivity contribution in [1.29, 1.82) is 0 Å². The molecule has 9 nitrogen and oxygen atoms in total. The first-order chi connectivity index (χ1) is 17.9. The number of hydrogen-bond donors (Lipinski definition) is 1. The summed E-state index contributed by atoms with van der Waals surface area (Å²) >= 11 is 0. The van der Waals surface area contributed by atoms with Crippen LogP contribution in [0.1, 0.15) is 16.7 Å². The molecule has 194 valence electrons. The van der Waals surface area contributed by atoms with Crippen molar-refractivity contribution in [2.24, 2.45) is 0 Å². The molecule has 3 rings (SSSR count). The van der Waals surface area contributed by atoms with Crippen LogP contribution in [-0.4, -0.2) is 43.7 Å². The zero-order valence-corrected chi connectivity index (χ0v) is 21.3. The van der Waals surface area contributed by atoms with Crippen molar-refractivity contribution in [2.45, 2.75) is 19.3 Å². The van der Waals surface area contributed by atoms with E-state index >= 15 is 0 Å². The molecule has 1 N–H and O–H groups in total. The second-order valence-electron chi connectivity index (χ2n) is 7.81. The van der Waals surface area contributed by atoms with Gasteiger partial charge in [-0.2, -0.15) is 0 Å². The number of Topliss-reactive ketones (excluding diaryl/α,β-unsaturated/α-hetero) is 1. The monoisotopic (exact) mass is 526 g/mol. The topological polar surface area (TPSA) is 118 Å². The van der Waals surface area contributed by atoms with E-state index in [1.165, 1.54) is 14.2 Å². The summed E-state index contributed by atoms with van der Waals surface area (Å²) in [7, 11) is 0.700. The number of ether oxygens (including phenoxy) is 2. The van der Waals surface area contributed by atoms with Crippen molar-refractivity contribution in [3.05, 3.63) is 89.5 Å². The van der Waals surface area contributed by atoms with Crippen LogP contribution >= 0.6 is 8.60 Å². The van der Waals surface area contributed by atoms with Crippen molar-refractivity contribution in [3.8, 4) is 17.2 Å². The van der Waals surface area contributed by atoms with Gasteiger partial charge in [-0.15, -0.1) is 0 Å². The van der Waals surface area contributed by atoms with Crippen LogP contribution in [0.5, 0.6) is 17.2 Å². The number of methoxy groups -OCH3 is 2. The Bertz CT molecular complexity index is 1030. The first-order valence-electron chi connectivity index (χ1n) is 11.3. The molecule has 0 aliphatic rings. The van der Waals surface area contributed by atoms with Gasteiger partial charge in [0.25, 0.3) is 0 Å². The van der Waals surface area contributed by atoms with Gasteiger partial charge in [-0.1, -0.05) is 36.4 Å². The minimum atomic E-state index is -1.97. The zero-order chi connectivity index (χ0) is 26.6. The third-order valence-electron chi connectivity index (χ3n) is 5.04. The highest BCUT2D eigenvalue weighted by molar-refractivity contribution is 7.43. The molecule has 0 heterocycles. The SMILES string of the molecule is COC(=O)Cc1ccc(OP(Oc2ccc(CC(=O)CO)cc2)Oc2ccc(CC(=O)OC)cc2)cc1. The molecule has 0 unspecified atom stereocenters. The molecule has 3 aromatic carbocycles. The van der Waals surface area contributed by atoms with E-state index in [0.717, 1.165) is 16.7 Å². The summed E-state index contributed by atoms with van der Waals surface area (Å²) in [5.74, 6) is 0.411. The Morgan fingerprint density at radius 1 is 0.595 bits per heavy atom. The second kappa shape index (κ2) is 14.0. The van der Waals surface area contributed by atoms with E-state index in [1.807, 2.05) is 0 Å². The lowest BCUT2D eigenvalue weighted by atomic mass is 10.1. The number of hydrogen-bond acceptors (Lipinski definition) is 9. The van der Waals surface area contributed by atoms with Gasteiger partial charge in [-0.3, -0.25) is 14.4 Å². The average molecular weight is 526 g/mol. The standard InChI is InChI=1S/C27H27O9P/c1-32-26(30)16-20-5-11-24(12-6-20)35-37(34-23-9-3-19(4-10-23)15-22(29)18-28)36-25-13-7-21(8-14-25)17-27(31)33-2/h3-14,28H,15-18H2,1-2H3. The lowest BCUT2D eigenvalue weighted by Gasteiger charge is -2.18. The zero-order valence-electron chi connectivity index (χ0n) is 20.4. The van der Waals surface area contributed by atoms with Crippen LogP contribution in [0.25, 0.3) is 0 Å². The molecule has 37 heavy (non-hydrogen) atoms. The van der Waals surface area contributed by atoms with Gasteiger partial charge in [0.05, 0.1) is 27.1 Å². The van der Waals surface area contributed by atoms with Gasteiger partial charge in [0, 0.05) is 6.42 Å². The summed E-state index contributed by atoms with van der Waals surface area (Å²) in [6.07, 6.45) is 0.400. The minimum Gasteiger partial charge on any atom is -0.469 e. The lowest BCUT2D eigenvalue weighted by molar-refractivity contribution is -0.140. The van der Waals surface area contributed by atoms with Crippen molar-refractivity contribution < 1.29 is 42.5 Å². The number of carbonyl (C=O) groups is 3. The summed E-state index contributed by atoms with van der Waals surface area (Å²) in [5, 5.41) is 8.94. The Labute approximate surface area is 215 Å². The van der Waals surface area contributed by atoms with Gasteiger partial charge in [0.15, 0.2) is 5.78 Å². The van der Waals surface area contributed by atoms with E-state index in [2.05, 4.69) is 9.47 Å². The van der Waals surface area contributed by atoms with Crippen LogP contribution in [0.4, 0.5) is 0 Å². The lowest BCUT2D eigenvalue weighted by Crippen LogP contribution is -2.07. The Hall–Kier alpha value is -3.94. The van der Waals surface area contributed by atoms with Crippen LogP contribution in [0.3, 0.4) is 0 Å². The maximum atomic E-state index is 11.5. The third-order valence-corrected chi connectivity index (χ3v) is 6.12. The molecular formula is C27H27O9P. The number of aliphatic hydroxyl groups excluding tert-OH is 1. The molecule has 3 aromatic rings.